The lowest BCUT2D eigenvalue weighted by molar-refractivity contribution is 0.0183. The summed E-state index contributed by atoms with van der Waals surface area (Å²) in [6.07, 6.45) is 2.14. The van der Waals surface area contributed by atoms with E-state index in [1.165, 1.54) is 0 Å². The predicted molar refractivity (Wildman–Crippen MR) is 113 cm³/mol. The molecule has 9 heteroatoms. The van der Waals surface area contributed by atoms with Gasteiger partial charge in [0.2, 0.25) is 5.88 Å². The fourth-order valence-corrected chi connectivity index (χ4v) is 4.15. The van der Waals surface area contributed by atoms with Crippen molar-refractivity contribution in [2.24, 2.45) is 0 Å². The van der Waals surface area contributed by atoms with Crippen molar-refractivity contribution >= 4 is 15.9 Å². The fourth-order valence-electron chi connectivity index (χ4n) is 3.52. The van der Waals surface area contributed by atoms with E-state index < -0.39 is 15.4 Å². The van der Waals surface area contributed by atoms with E-state index in [0.717, 1.165) is 11.8 Å². The van der Waals surface area contributed by atoms with E-state index in [4.69, 9.17) is 4.74 Å². The van der Waals surface area contributed by atoms with Gasteiger partial charge in [0.1, 0.15) is 5.60 Å². The third kappa shape index (κ3) is 4.77. The molecule has 0 unspecified atom stereocenters. The van der Waals surface area contributed by atoms with Gasteiger partial charge in [-0.3, -0.25) is 0 Å². The number of sulfone groups is 1. The molecule has 8 nitrogen and oxygen atoms in total. The van der Waals surface area contributed by atoms with Gasteiger partial charge >= 0.3 is 6.09 Å². The molecule has 0 atom stereocenters. The molecule has 1 aliphatic heterocycles. The summed E-state index contributed by atoms with van der Waals surface area (Å²) in [7, 11) is -3.27. The molecule has 1 aromatic carbocycles. The smallest absolute Gasteiger partial charge is 0.410 e. The number of aromatic hydroxyl groups is 1. The van der Waals surface area contributed by atoms with Gasteiger partial charge in [0.15, 0.2) is 9.84 Å². The van der Waals surface area contributed by atoms with Crippen LogP contribution in [0.5, 0.6) is 5.88 Å². The van der Waals surface area contributed by atoms with Crippen LogP contribution in [0.2, 0.25) is 0 Å². The van der Waals surface area contributed by atoms with Crippen molar-refractivity contribution in [3.63, 3.8) is 0 Å². The molecule has 1 aromatic heterocycles. The van der Waals surface area contributed by atoms with E-state index in [9.17, 15) is 18.3 Å². The van der Waals surface area contributed by atoms with E-state index in [1.54, 1.807) is 40.8 Å². The minimum atomic E-state index is -3.27. The Balaban J connectivity index is 1.76. The zero-order valence-corrected chi connectivity index (χ0v) is 18.9. The van der Waals surface area contributed by atoms with Gasteiger partial charge in [-0.25, -0.2) is 17.9 Å². The van der Waals surface area contributed by atoms with Crippen LogP contribution in [0, 0.1) is 6.92 Å². The first-order valence-electron chi connectivity index (χ1n) is 9.93. The molecule has 30 heavy (non-hydrogen) atoms. The second kappa shape index (κ2) is 7.94. The van der Waals surface area contributed by atoms with Gasteiger partial charge in [0.05, 0.1) is 16.6 Å². The Morgan fingerprint density at radius 3 is 2.23 bits per heavy atom. The standard InChI is InChI=1S/C21H29N3O5S/c1-14-18(15-6-8-17(9-7-15)30(5,27)28)22-24(19(14)25)16-10-12-23(13-11-16)20(26)29-21(2,3)4/h6-9,16,25H,10-13H2,1-5H3. The highest BCUT2D eigenvalue weighted by Crippen LogP contribution is 2.34. The summed E-state index contributed by atoms with van der Waals surface area (Å²) >= 11 is 0. The Kier molecular flexibility index (Phi) is 5.86. The third-order valence-electron chi connectivity index (χ3n) is 5.13. The number of nitrogens with zero attached hydrogens (tertiary/aromatic N) is 3. The highest BCUT2D eigenvalue weighted by Gasteiger charge is 2.30. The zero-order chi connectivity index (χ0) is 22.3. The Morgan fingerprint density at radius 1 is 1.17 bits per heavy atom. The molecular formula is C21H29N3O5S. The number of hydrogen-bond donors (Lipinski definition) is 1. The van der Waals surface area contributed by atoms with Crippen molar-refractivity contribution < 1.29 is 23.1 Å². The van der Waals surface area contributed by atoms with E-state index in [2.05, 4.69) is 5.10 Å². The SMILES string of the molecule is Cc1c(-c2ccc(S(C)(=O)=O)cc2)nn(C2CCN(C(=O)OC(C)(C)C)CC2)c1O. The number of aromatic nitrogens is 2. The molecule has 0 aliphatic carbocycles. The summed E-state index contributed by atoms with van der Waals surface area (Å²) in [4.78, 5) is 14.2. The van der Waals surface area contributed by atoms with Crippen molar-refractivity contribution in [1.82, 2.24) is 14.7 Å². The molecule has 1 fully saturated rings. The van der Waals surface area contributed by atoms with Crippen molar-refractivity contribution in [3.8, 4) is 17.1 Å². The maximum atomic E-state index is 12.3. The quantitative estimate of drug-likeness (QED) is 0.791. The first kappa shape index (κ1) is 22.1. The lowest BCUT2D eigenvalue weighted by Crippen LogP contribution is -2.42. The molecule has 1 saturated heterocycles. The summed E-state index contributed by atoms with van der Waals surface area (Å²) in [5, 5.41) is 15.3. The normalized spacial score (nSPS) is 16.0. The summed E-state index contributed by atoms with van der Waals surface area (Å²) in [6.45, 7) is 8.35. The van der Waals surface area contributed by atoms with Crippen LogP contribution in [-0.2, 0) is 14.6 Å². The molecule has 0 spiro atoms. The van der Waals surface area contributed by atoms with Crippen LogP contribution in [0.3, 0.4) is 0 Å². The molecule has 0 radical (unpaired) electrons. The summed E-state index contributed by atoms with van der Waals surface area (Å²) in [5.74, 6) is 0.0907. The van der Waals surface area contributed by atoms with Crippen LogP contribution in [0.1, 0.15) is 45.2 Å². The number of ether oxygens (including phenoxy) is 1. The van der Waals surface area contributed by atoms with E-state index in [1.807, 2.05) is 20.8 Å². The number of carbonyl (C=O) groups excluding carboxylic acids is 1. The van der Waals surface area contributed by atoms with E-state index >= 15 is 0 Å². The van der Waals surface area contributed by atoms with Gasteiger partial charge in [0.25, 0.3) is 0 Å². The lowest BCUT2D eigenvalue weighted by Gasteiger charge is -2.33. The Bertz CT molecular complexity index is 1030. The number of hydrogen-bond acceptors (Lipinski definition) is 6. The average Bonchev–Trinajstić information content (AvgIpc) is 2.95. The van der Waals surface area contributed by atoms with Crippen LogP contribution in [0.15, 0.2) is 29.2 Å². The molecule has 0 bridgehead atoms. The highest BCUT2D eigenvalue weighted by atomic mass is 32.2. The minimum absolute atomic E-state index is 0.0357. The number of carbonyl (C=O) groups is 1. The van der Waals surface area contributed by atoms with Gasteiger partial charge in [-0.05, 0) is 52.7 Å². The van der Waals surface area contributed by atoms with Gasteiger partial charge < -0.3 is 14.7 Å². The molecule has 3 rings (SSSR count). The van der Waals surface area contributed by atoms with E-state index in [-0.39, 0.29) is 22.9 Å². The molecule has 1 aliphatic rings. The number of rotatable bonds is 3. The molecule has 1 amide bonds. The molecule has 164 valence electrons. The largest absolute Gasteiger partial charge is 0.493 e. The number of likely N-dealkylation sites (tertiary alicyclic amines) is 1. The van der Waals surface area contributed by atoms with E-state index in [0.29, 0.717) is 37.2 Å². The van der Waals surface area contributed by atoms with Crippen molar-refractivity contribution in [1.29, 1.82) is 0 Å². The topological polar surface area (TPSA) is 102 Å². The molecular weight excluding hydrogens is 406 g/mol. The number of piperidine rings is 1. The van der Waals surface area contributed by atoms with Crippen molar-refractivity contribution in [3.05, 3.63) is 29.8 Å². The van der Waals surface area contributed by atoms with Gasteiger partial charge in [-0.2, -0.15) is 5.10 Å². The Labute approximate surface area is 177 Å². The van der Waals surface area contributed by atoms with Gasteiger partial charge in [-0.15, -0.1) is 0 Å². The molecule has 1 N–H and O–H groups in total. The molecule has 0 saturated carbocycles. The Morgan fingerprint density at radius 2 is 1.73 bits per heavy atom. The molecule has 2 aromatic rings. The van der Waals surface area contributed by atoms with Crippen LogP contribution in [-0.4, -0.2) is 59.2 Å². The van der Waals surface area contributed by atoms with Crippen LogP contribution in [0.25, 0.3) is 11.3 Å². The lowest BCUT2D eigenvalue weighted by atomic mass is 10.1. The van der Waals surface area contributed by atoms with Crippen LogP contribution in [0.4, 0.5) is 4.79 Å². The fraction of sp³-hybridized carbons (Fsp3) is 0.524. The highest BCUT2D eigenvalue weighted by molar-refractivity contribution is 7.90. The minimum Gasteiger partial charge on any atom is -0.493 e. The Hall–Kier alpha value is -2.55. The van der Waals surface area contributed by atoms with Gasteiger partial charge in [0, 0.05) is 30.5 Å². The molecule has 2 heterocycles. The zero-order valence-electron chi connectivity index (χ0n) is 18.0. The van der Waals surface area contributed by atoms with Gasteiger partial charge in [-0.1, -0.05) is 12.1 Å². The average molecular weight is 436 g/mol. The first-order valence-corrected chi connectivity index (χ1v) is 11.8. The maximum Gasteiger partial charge on any atom is 0.410 e. The van der Waals surface area contributed by atoms with Crippen molar-refractivity contribution in [2.45, 2.75) is 57.1 Å². The van der Waals surface area contributed by atoms with Crippen LogP contribution < -0.4 is 0 Å². The van der Waals surface area contributed by atoms with Crippen LogP contribution >= 0.6 is 0 Å². The first-order chi connectivity index (χ1) is 13.9. The predicted octanol–water partition coefficient (Wildman–Crippen LogP) is 3.54. The number of amides is 1. The summed E-state index contributed by atoms with van der Waals surface area (Å²) in [6, 6.07) is 6.44. The summed E-state index contributed by atoms with van der Waals surface area (Å²) < 4.78 is 30.4. The second-order valence-electron chi connectivity index (χ2n) is 8.74. The monoisotopic (exact) mass is 435 g/mol. The maximum absolute atomic E-state index is 12.3. The third-order valence-corrected chi connectivity index (χ3v) is 6.26. The summed E-state index contributed by atoms with van der Waals surface area (Å²) in [5.41, 5.74) is 1.45. The number of benzene rings is 1. The van der Waals surface area contributed by atoms with Crippen molar-refractivity contribution in [2.75, 3.05) is 19.3 Å². The second-order valence-corrected chi connectivity index (χ2v) is 10.8.